The van der Waals surface area contributed by atoms with Gasteiger partial charge < -0.3 is 5.73 Å². The van der Waals surface area contributed by atoms with E-state index >= 15 is 0 Å². The van der Waals surface area contributed by atoms with Gasteiger partial charge in [-0.25, -0.2) is 4.98 Å². The molecule has 2 N–H and O–H groups in total. The molecule has 1 aromatic carbocycles. The van der Waals surface area contributed by atoms with Gasteiger partial charge in [-0.1, -0.05) is 11.6 Å². The number of nitrogens with two attached hydrogens (primary N) is 1. The molecule has 16 heavy (non-hydrogen) atoms. The molecule has 0 atom stereocenters. The van der Waals surface area contributed by atoms with Gasteiger partial charge in [0.2, 0.25) is 0 Å². The van der Waals surface area contributed by atoms with E-state index in [4.69, 9.17) is 5.73 Å². The van der Waals surface area contributed by atoms with Crippen LogP contribution in [0.3, 0.4) is 0 Å². The van der Waals surface area contributed by atoms with Crippen molar-refractivity contribution in [2.45, 2.75) is 13.3 Å². The number of thiazole rings is 1. The standard InChI is InChI=1S/C12H12N2OS/c1-8-2-3-10(13)9(6-8)11(15)7-12-14-4-5-16-12/h2-6H,7,13H2,1H3. The lowest BCUT2D eigenvalue weighted by Crippen LogP contribution is -2.07. The van der Waals surface area contributed by atoms with E-state index in [1.807, 2.05) is 24.4 Å². The third-order valence-corrected chi connectivity index (χ3v) is 3.08. The summed E-state index contributed by atoms with van der Waals surface area (Å²) in [5.41, 5.74) is 7.95. The van der Waals surface area contributed by atoms with Crippen LogP contribution in [0.2, 0.25) is 0 Å². The van der Waals surface area contributed by atoms with Crippen LogP contribution in [0.4, 0.5) is 5.69 Å². The fourth-order valence-corrected chi connectivity index (χ4v) is 2.10. The first-order chi connectivity index (χ1) is 7.66. The smallest absolute Gasteiger partial charge is 0.171 e. The summed E-state index contributed by atoms with van der Waals surface area (Å²) in [6.45, 7) is 1.94. The Morgan fingerprint density at radius 2 is 2.31 bits per heavy atom. The summed E-state index contributed by atoms with van der Waals surface area (Å²) in [6, 6.07) is 5.49. The van der Waals surface area contributed by atoms with E-state index in [9.17, 15) is 4.79 Å². The van der Waals surface area contributed by atoms with Gasteiger partial charge in [-0.3, -0.25) is 4.79 Å². The zero-order valence-corrected chi connectivity index (χ0v) is 9.75. The number of aryl methyl sites for hydroxylation is 1. The minimum Gasteiger partial charge on any atom is -0.398 e. The molecule has 0 radical (unpaired) electrons. The quantitative estimate of drug-likeness (QED) is 0.653. The Bertz CT molecular complexity index is 506. The Balaban J connectivity index is 2.24. The summed E-state index contributed by atoms with van der Waals surface area (Å²) in [5.74, 6) is 0.0242. The SMILES string of the molecule is Cc1ccc(N)c(C(=O)Cc2nccs2)c1. The molecule has 0 amide bonds. The number of nitrogen functional groups attached to an aromatic ring is 1. The van der Waals surface area contributed by atoms with Gasteiger partial charge in [-0.2, -0.15) is 0 Å². The number of anilines is 1. The minimum atomic E-state index is 0.0242. The monoisotopic (exact) mass is 232 g/mol. The first-order valence-corrected chi connectivity index (χ1v) is 5.82. The van der Waals surface area contributed by atoms with E-state index in [0.29, 0.717) is 17.7 Å². The van der Waals surface area contributed by atoms with Gasteiger partial charge in [-0.05, 0) is 19.1 Å². The van der Waals surface area contributed by atoms with Crippen molar-refractivity contribution in [2.75, 3.05) is 5.73 Å². The molecule has 0 unspecified atom stereocenters. The van der Waals surface area contributed by atoms with E-state index < -0.39 is 0 Å². The lowest BCUT2D eigenvalue weighted by Gasteiger charge is -2.04. The summed E-state index contributed by atoms with van der Waals surface area (Å²) in [6.07, 6.45) is 2.03. The van der Waals surface area contributed by atoms with Gasteiger partial charge in [0.05, 0.1) is 6.42 Å². The molecule has 2 rings (SSSR count). The molecule has 0 spiro atoms. The summed E-state index contributed by atoms with van der Waals surface area (Å²) >= 11 is 1.48. The molecule has 0 aliphatic carbocycles. The van der Waals surface area contributed by atoms with Gasteiger partial charge in [0.15, 0.2) is 5.78 Å². The van der Waals surface area contributed by atoms with Crippen molar-refractivity contribution in [1.82, 2.24) is 4.98 Å². The molecular weight excluding hydrogens is 220 g/mol. The first kappa shape index (κ1) is 10.8. The van der Waals surface area contributed by atoms with Crippen LogP contribution in [0.15, 0.2) is 29.8 Å². The number of ketones is 1. The molecule has 0 fully saturated rings. The van der Waals surface area contributed by atoms with Crippen LogP contribution >= 0.6 is 11.3 Å². The fourth-order valence-electron chi connectivity index (χ4n) is 1.48. The highest BCUT2D eigenvalue weighted by molar-refractivity contribution is 7.09. The highest BCUT2D eigenvalue weighted by atomic mass is 32.1. The Morgan fingerprint density at radius 3 is 3.00 bits per heavy atom. The molecule has 0 saturated heterocycles. The number of Topliss-reactive ketones (excluding diaryl/α,β-unsaturated/α-hetero) is 1. The van der Waals surface area contributed by atoms with Crippen molar-refractivity contribution >= 4 is 22.8 Å². The predicted molar refractivity (Wildman–Crippen MR) is 65.7 cm³/mol. The van der Waals surface area contributed by atoms with Crippen molar-refractivity contribution in [2.24, 2.45) is 0 Å². The van der Waals surface area contributed by atoms with Gasteiger partial charge in [0.1, 0.15) is 5.01 Å². The topological polar surface area (TPSA) is 56.0 Å². The van der Waals surface area contributed by atoms with Crippen molar-refractivity contribution in [1.29, 1.82) is 0 Å². The highest BCUT2D eigenvalue weighted by Crippen LogP contribution is 2.17. The molecule has 0 aliphatic rings. The van der Waals surface area contributed by atoms with E-state index in [1.165, 1.54) is 11.3 Å². The zero-order valence-electron chi connectivity index (χ0n) is 8.93. The number of aromatic nitrogens is 1. The molecule has 1 aromatic heterocycles. The maximum absolute atomic E-state index is 12.0. The molecular formula is C12H12N2OS. The number of nitrogens with zero attached hydrogens (tertiary/aromatic N) is 1. The summed E-state index contributed by atoms with van der Waals surface area (Å²) in [7, 11) is 0. The molecule has 0 aliphatic heterocycles. The number of carbonyl (C=O) groups excluding carboxylic acids is 1. The maximum Gasteiger partial charge on any atom is 0.171 e. The highest BCUT2D eigenvalue weighted by Gasteiger charge is 2.11. The van der Waals surface area contributed by atoms with Crippen LogP contribution in [0.1, 0.15) is 20.9 Å². The lowest BCUT2D eigenvalue weighted by atomic mass is 10.0. The van der Waals surface area contributed by atoms with Crippen LogP contribution in [-0.4, -0.2) is 10.8 Å². The number of carbonyl (C=O) groups is 1. The summed E-state index contributed by atoms with van der Waals surface area (Å²) < 4.78 is 0. The molecule has 2 aromatic rings. The summed E-state index contributed by atoms with van der Waals surface area (Å²) in [4.78, 5) is 16.1. The second kappa shape index (κ2) is 4.45. The molecule has 0 saturated carbocycles. The molecule has 3 nitrogen and oxygen atoms in total. The molecule has 4 heteroatoms. The van der Waals surface area contributed by atoms with E-state index in [1.54, 1.807) is 12.3 Å². The second-order valence-electron chi connectivity index (χ2n) is 3.62. The van der Waals surface area contributed by atoms with Crippen molar-refractivity contribution < 1.29 is 4.79 Å². The van der Waals surface area contributed by atoms with Crippen LogP contribution in [-0.2, 0) is 6.42 Å². The number of benzene rings is 1. The van der Waals surface area contributed by atoms with Crippen LogP contribution in [0, 0.1) is 6.92 Å². The van der Waals surface area contributed by atoms with Gasteiger partial charge in [-0.15, -0.1) is 11.3 Å². The number of hydrogen-bond donors (Lipinski definition) is 1. The van der Waals surface area contributed by atoms with Crippen LogP contribution in [0.5, 0.6) is 0 Å². The average Bonchev–Trinajstić information content (AvgIpc) is 2.74. The number of hydrogen-bond acceptors (Lipinski definition) is 4. The van der Waals surface area contributed by atoms with E-state index in [-0.39, 0.29) is 5.78 Å². The van der Waals surface area contributed by atoms with Crippen LogP contribution in [0.25, 0.3) is 0 Å². The fraction of sp³-hybridized carbons (Fsp3) is 0.167. The van der Waals surface area contributed by atoms with Crippen molar-refractivity contribution in [3.8, 4) is 0 Å². The summed E-state index contributed by atoms with van der Waals surface area (Å²) in [5, 5.41) is 2.69. The maximum atomic E-state index is 12.0. The van der Waals surface area contributed by atoms with Crippen LogP contribution < -0.4 is 5.73 Å². The van der Waals surface area contributed by atoms with Crippen molar-refractivity contribution in [3.63, 3.8) is 0 Å². The first-order valence-electron chi connectivity index (χ1n) is 4.94. The van der Waals surface area contributed by atoms with Gasteiger partial charge >= 0.3 is 0 Å². The third-order valence-electron chi connectivity index (χ3n) is 2.30. The van der Waals surface area contributed by atoms with Gasteiger partial charge in [0.25, 0.3) is 0 Å². The van der Waals surface area contributed by atoms with E-state index in [2.05, 4.69) is 4.98 Å². The zero-order chi connectivity index (χ0) is 11.5. The number of rotatable bonds is 3. The second-order valence-corrected chi connectivity index (χ2v) is 4.60. The third kappa shape index (κ3) is 2.28. The average molecular weight is 232 g/mol. The minimum absolute atomic E-state index is 0.0242. The Labute approximate surface area is 97.9 Å². The molecule has 0 bridgehead atoms. The Hall–Kier alpha value is -1.68. The largest absolute Gasteiger partial charge is 0.398 e. The van der Waals surface area contributed by atoms with Crippen molar-refractivity contribution in [3.05, 3.63) is 45.9 Å². The Morgan fingerprint density at radius 1 is 1.50 bits per heavy atom. The predicted octanol–water partition coefficient (Wildman–Crippen LogP) is 2.46. The van der Waals surface area contributed by atoms with Gasteiger partial charge in [0, 0.05) is 22.8 Å². The molecule has 1 heterocycles. The normalized spacial score (nSPS) is 10.3. The Kier molecular flexibility index (Phi) is 3.01. The molecule has 82 valence electrons. The van der Waals surface area contributed by atoms with E-state index in [0.717, 1.165) is 10.6 Å². The lowest BCUT2D eigenvalue weighted by molar-refractivity contribution is 0.0993.